The van der Waals surface area contributed by atoms with Crippen LogP contribution in [-0.4, -0.2) is 16.4 Å². The highest BCUT2D eigenvalue weighted by atomic mass is 16.5. The van der Waals surface area contributed by atoms with E-state index in [4.69, 9.17) is 4.74 Å². The van der Waals surface area contributed by atoms with Crippen LogP contribution >= 0.6 is 0 Å². The van der Waals surface area contributed by atoms with Gasteiger partial charge in [0, 0.05) is 12.0 Å². The second-order valence-electron chi connectivity index (χ2n) is 5.18. The summed E-state index contributed by atoms with van der Waals surface area (Å²) >= 11 is 0. The van der Waals surface area contributed by atoms with E-state index in [1.165, 1.54) is 38.5 Å². The van der Waals surface area contributed by atoms with Gasteiger partial charge in [0.1, 0.15) is 0 Å². The van der Waals surface area contributed by atoms with E-state index in [9.17, 15) is 4.79 Å². The van der Waals surface area contributed by atoms with Gasteiger partial charge in [0.15, 0.2) is 0 Å². The zero-order chi connectivity index (χ0) is 11.7. The summed E-state index contributed by atoms with van der Waals surface area (Å²) in [5, 5.41) is 3.03. The van der Waals surface area contributed by atoms with Crippen LogP contribution in [0.1, 0.15) is 55.8 Å². The van der Waals surface area contributed by atoms with E-state index >= 15 is 0 Å². The standard InChI is InChI=1S/C13H20N2O2/c16-13-11-7-8-17-9-12(11)15(14-13)10-5-3-1-2-4-6-10/h10H,1-9H2,(H,14,16). The maximum atomic E-state index is 11.9. The Kier molecular flexibility index (Phi) is 3.05. The normalized spacial score (nSPS) is 22.1. The lowest BCUT2D eigenvalue weighted by molar-refractivity contribution is 0.102. The summed E-state index contributed by atoms with van der Waals surface area (Å²) in [5.74, 6) is 0. The first kappa shape index (κ1) is 11.1. The van der Waals surface area contributed by atoms with Gasteiger partial charge >= 0.3 is 0 Å². The molecule has 4 heteroatoms. The van der Waals surface area contributed by atoms with Gasteiger partial charge in [-0.3, -0.25) is 14.6 Å². The highest BCUT2D eigenvalue weighted by Gasteiger charge is 2.23. The molecule has 1 aromatic rings. The Balaban J connectivity index is 1.93. The van der Waals surface area contributed by atoms with Crippen molar-refractivity contribution in [3.8, 4) is 0 Å². The molecule has 0 radical (unpaired) electrons. The fraction of sp³-hybridized carbons (Fsp3) is 0.769. The first-order valence-corrected chi connectivity index (χ1v) is 6.76. The molecule has 1 N–H and O–H groups in total. The van der Waals surface area contributed by atoms with Crippen LogP contribution in [0.5, 0.6) is 0 Å². The van der Waals surface area contributed by atoms with Gasteiger partial charge in [-0.2, -0.15) is 0 Å². The predicted octanol–water partition coefficient (Wildman–Crippen LogP) is 2.14. The first-order chi connectivity index (χ1) is 8.36. The number of hydrogen-bond acceptors (Lipinski definition) is 2. The third-order valence-corrected chi connectivity index (χ3v) is 4.06. The fourth-order valence-corrected chi connectivity index (χ4v) is 3.11. The van der Waals surface area contributed by atoms with Gasteiger partial charge in [-0.05, 0) is 12.8 Å². The Bertz CT molecular complexity index is 439. The highest BCUT2D eigenvalue weighted by molar-refractivity contribution is 5.20. The Labute approximate surface area is 101 Å². The van der Waals surface area contributed by atoms with E-state index < -0.39 is 0 Å². The number of nitrogens with one attached hydrogen (secondary N) is 1. The third-order valence-electron chi connectivity index (χ3n) is 4.06. The molecule has 2 aliphatic rings. The van der Waals surface area contributed by atoms with Gasteiger partial charge in [0.25, 0.3) is 5.56 Å². The lowest BCUT2D eigenvalue weighted by atomic mass is 10.1. The van der Waals surface area contributed by atoms with Crippen molar-refractivity contribution >= 4 is 0 Å². The summed E-state index contributed by atoms with van der Waals surface area (Å²) in [7, 11) is 0. The van der Waals surface area contributed by atoms with Gasteiger partial charge in [-0.1, -0.05) is 25.7 Å². The maximum Gasteiger partial charge on any atom is 0.267 e. The summed E-state index contributed by atoms with van der Waals surface area (Å²) < 4.78 is 7.61. The fourth-order valence-electron chi connectivity index (χ4n) is 3.11. The van der Waals surface area contributed by atoms with E-state index in [0.717, 1.165) is 17.7 Å². The molecule has 1 fully saturated rings. The van der Waals surface area contributed by atoms with Crippen LogP contribution in [0.3, 0.4) is 0 Å². The van der Waals surface area contributed by atoms with E-state index in [1.807, 2.05) is 0 Å². The molecular formula is C13H20N2O2. The summed E-state index contributed by atoms with van der Waals surface area (Å²) in [6.45, 7) is 1.29. The lowest BCUT2D eigenvalue weighted by Crippen LogP contribution is -2.18. The van der Waals surface area contributed by atoms with Crippen LogP contribution in [0, 0.1) is 0 Å². The molecule has 0 atom stereocenters. The van der Waals surface area contributed by atoms with Gasteiger partial charge in [0.05, 0.1) is 24.9 Å². The number of nitrogens with zero attached hydrogens (tertiary/aromatic N) is 1. The number of H-pyrrole nitrogens is 1. The minimum Gasteiger partial charge on any atom is -0.375 e. The van der Waals surface area contributed by atoms with E-state index in [0.29, 0.717) is 19.3 Å². The molecule has 1 saturated carbocycles. The molecule has 2 heterocycles. The highest BCUT2D eigenvalue weighted by Crippen LogP contribution is 2.28. The van der Waals surface area contributed by atoms with Crippen LogP contribution < -0.4 is 5.56 Å². The molecule has 0 aromatic carbocycles. The molecule has 0 saturated heterocycles. The molecule has 4 nitrogen and oxygen atoms in total. The van der Waals surface area contributed by atoms with Crippen molar-refractivity contribution in [2.75, 3.05) is 6.61 Å². The predicted molar refractivity (Wildman–Crippen MR) is 65.2 cm³/mol. The Hall–Kier alpha value is -1.03. The molecule has 0 unspecified atom stereocenters. The van der Waals surface area contributed by atoms with Crippen LogP contribution in [-0.2, 0) is 17.8 Å². The Morgan fingerprint density at radius 3 is 2.71 bits per heavy atom. The molecule has 1 aliphatic carbocycles. The lowest BCUT2D eigenvalue weighted by Gasteiger charge is -2.21. The van der Waals surface area contributed by atoms with Crippen LogP contribution in [0.15, 0.2) is 4.79 Å². The van der Waals surface area contributed by atoms with Gasteiger partial charge in [0.2, 0.25) is 0 Å². The smallest absolute Gasteiger partial charge is 0.267 e. The molecule has 0 spiro atoms. The van der Waals surface area contributed by atoms with Crippen molar-refractivity contribution in [2.24, 2.45) is 0 Å². The summed E-state index contributed by atoms with van der Waals surface area (Å²) in [6.07, 6.45) is 8.38. The van der Waals surface area contributed by atoms with Crippen LogP contribution in [0.25, 0.3) is 0 Å². The van der Waals surface area contributed by atoms with E-state index in [-0.39, 0.29) is 5.56 Å². The van der Waals surface area contributed by atoms with E-state index in [1.54, 1.807) is 0 Å². The summed E-state index contributed by atoms with van der Waals surface area (Å²) in [4.78, 5) is 11.9. The van der Waals surface area contributed by atoms with Crippen molar-refractivity contribution < 1.29 is 4.74 Å². The van der Waals surface area contributed by atoms with Gasteiger partial charge < -0.3 is 4.74 Å². The second kappa shape index (κ2) is 4.69. The minimum atomic E-state index is 0.104. The average molecular weight is 236 g/mol. The zero-order valence-corrected chi connectivity index (χ0v) is 10.2. The molecule has 0 bridgehead atoms. The van der Waals surface area contributed by atoms with E-state index in [2.05, 4.69) is 9.78 Å². The van der Waals surface area contributed by atoms with Crippen molar-refractivity contribution in [3.63, 3.8) is 0 Å². The monoisotopic (exact) mass is 236 g/mol. The van der Waals surface area contributed by atoms with Crippen LogP contribution in [0.4, 0.5) is 0 Å². The Morgan fingerprint density at radius 2 is 1.94 bits per heavy atom. The molecule has 0 amide bonds. The molecule has 3 rings (SSSR count). The van der Waals surface area contributed by atoms with Crippen molar-refractivity contribution in [2.45, 2.75) is 57.6 Å². The third kappa shape index (κ3) is 2.06. The number of rotatable bonds is 1. The maximum absolute atomic E-state index is 11.9. The molecule has 94 valence electrons. The molecule has 1 aliphatic heterocycles. The second-order valence-corrected chi connectivity index (χ2v) is 5.18. The largest absolute Gasteiger partial charge is 0.375 e. The quantitative estimate of drug-likeness (QED) is 0.759. The molecular weight excluding hydrogens is 216 g/mol. The summed E-state index contributed by atoms with van der Waals surface area (Å²) in [5.41, 5.74) is 2.17. The number of aromatic amines is 1. The van der Waals surface area contributed by atoms with Crippen molar-refractivity contribution in [1.82, 2.24) is 9.78 Å². The van der Waals surface area contributed by atoms with Gasteiger partial charge in [-0.25, -0.2) is 0 Å². The van der Waals surface area contributed by atoms with Crippen molar-refractivity contribution in [1.29, 1.82) is 0 Å². The zero-order valence-electron chi connectivity index (χ0n) is 10.2. The average Bonchev–Trinajstić information content (AvgIpc) is 2.57. The van der Waals surface area contributed by atoms with Crippen LogP contribution in [0.2, 0.25) is 0 Å². The number of aromatic nitrogens is 2. The minimum absolute atomic E-state index is 0.104. The topological polar surface area (TPSA) is 47.0 Å². The van der Waals surface area contributed by atoms with Crippen molar-refractivity contribution in [3.05, 3.63) is 21.6 Å². The number of fused-ring (bicyclic) bond motifs is 1. The molecule has 17 heavy (non-hydrogen) atoms. The molecule has 1 aromatic heterocycles. The summed E-state index contributed by atoms with van der Waals surface area (Å²) in [6, 6.07) is 0.482. The SMILES string of the molecule is O=c1[nH]n(C2CCCCCC2)c2c1CCOC2. The number of ether oxygens (including phenoxy) is 1. The first-order valence-electron chi connectivity index (χ1n) is 6.76. The van der Waals surface area contributed by atoms with Gasteiger partial charge in [-0.15, -0.1) is 0 Å². The Morgan fingerprint density at radius 1 is 1.18 bits per heavy atom. The number of hydrogen-bond donors (Lipinski definition) is 1.